The zero-order valence-electron chi connectivity index (χ0n) is 7.03. The molecule has 2 aromatic rings. The van der Waals surface area contributed by atoms with Gasteiger partial charge in [0.2, 0.25) is 0 Å². The lowest BCUT2D eigenvalue weighted by Gasteiger charge is -2.00. The molecule has 1 aromatic carbocycles. The molecule has 0 saturated heterocycles. The van der Waals surface area contributed by atoms with E-state index in [1.54, 1.807) is 16.2 Å². The average molecular weight is 305 g/mol. The summed E-state index contributed by atoms with van der Waals surface area (Å²) >= 11 is 2.26. The van der Waals surface area contributed by atoms with Crippen LogP contribution in [-0.2, 0) is 0 Å². The molecule has 0 spiro atoms. The Kier molecular flexibility index (Phi) is 2.69. The lowest BCUT2D eigenvalue weighted by Crippen LogP contribution is -1.82. The second kappa shape index (κ2) is 3.79. The predicted molar refractivity (Wildman–Crippen MR) is 65.5 cm³/mol. The molecule has 1 heterocycles. The predicted octanol–water partition coefficient (Wildman–Crippen LogP) is 3.50. The number of hydrogen-bond donors (Lipinski definition) is 0. The van der Waals surface area contributed by atoms with Gasteiger partial charge in [0.25, 0.3) is 0 Å². The third kappa shape index (κ3) is 1.65. The van der Waals surface area contributed by atoms with Crippen molar-refractivity contribution in [3.63, 3.8) is 0 Å². The second-order valence-electron chi connectivity index (χ2n) is 2.64. The molecule has 0 aliphatic carbocycles. The number of aromatic nitrogens is 1. The van der Waals surface area contributed by atoms with E-state index in [1.165, 1.54) is 10.9 Å². The van der Waals surface area contributed by atoms with Crippen molar-refractivity contribution in [3.8, 4) is 5.75 Å². The summed E-state index contributed by atoms with van der Waals surface area (Å²) in [6, 6.07) is 8.17. The van der Waals surface area contributed by atoms with Crippen LogP contribution >= 0.6 is 30.3 Å². The zero-order valence-corrected chi connectivity index (χ0v) is 10.0. The van der Waals surface area contributed by atoms with E-state index in [1.807, 2.05) is 12.1 Å². The zero-order chi connectivity index (χ0) is 9.26. The van der Waals surface area contributed by atoms with Crippen molar-refractivity contribution in [2.75, 3.05) is 7.11 Å². The molecule has 0 bridgehead atoms. The molecule has 0 atom stereocenters. The molecule has 13 heavy (non-hydrogen) atoms. The maximum atomic E-state index is 5.15. The average Bonchev–Trinajstić information content (AvgIpc) is 2.59. The molecule has 0 aliphatic heterocycles. The van der Waals surface area contributed by atoms with E-state index in [2.05, 4.69) is 43.5 Å². The number of methoxy groups -OCH3 is 1. The van der Waals surface area contributed by atoms with Gasteiger partial charge >= 0.3 is 0 Å². The molecule has 0 unspecified atom stereocenters. The van der Waals surface area contributed by atoms with Crippen LogP contribution < -0.4 is 4.74 Å². The summed E-state index contributed by atoms with van der Waals surface area (Å²) in [7, 11) is 3.35. The highest BCUT2D eigenvalue weighted by molar-refractivity contribution is 14.2. The van der Waals surface area contributed by atoms with Gasteiger partial charge in [0.05, 0.1) is 12.6 Å². The highest BCUT2D eigenvalue weighted by Crippen LogP contribution is 2.27. The lowest BCUT2D eigenvalue weighted by atomic mass is 10.2. The number of hydrogen-bond acceptors (Lipinski definition) is 2. The van der Waals surface area contributed by atoms with Crippen LogP contribution in [0.15, 0.2) is 30.5 Å². The Balaban J connectivity index is 2.61. The van der Waals surface area contributed by atoms with Crippen molar-refractivity contribution < 1.29 is 4.74 Å². The van der Waals surface area contributed by atoms with Crippen LogP contribution in [0, 0.1) is 0 Å². The minimum absolute atomic E-state index is 0.906. The van der Waals surface area contributed by atoms with Crippen LogP contribution in [0.2, 0.25) is 0 Å². The number of ether oxygens (including phenoxy) is 1. The molecule has 0 aliphatic rings. The third-order valence-electron chi connectivity index (χ3n) is 1.94. The highest BCUT2D eigenvalue weighted by atomic mass is 127. The van der Waals surface area contributed by atoms with Crippen LogP contribution in [-0.4, -0.2) is 11.1 Å². The van der Waals surface area contributed by atoms with Crippen LogP contribution in [0.25, 0.3) is 10.9 Å². The maximum absolute atomic E-state index is 5.15. The smallest absolute Gasteiger partial charge is 0.119 e. The third-order valence-corrected chi connectivity index (χ3v) is 3.68. The first-order chi connectivity index (χ1) is 6.35. The van der Waals surface area contributed by atoms with E-state index in [0.29, 0.717) is 0 Å². The van der Waals surface area contributed by atoms with Crippen molar-refractivity contribution in [1.82, 2.24) is 3.97 Å². The standard InChI is InChI=1S/C9H8INOS/c1-12-8-2-3-9-7(6-8)4-5-11(9)13-10/h2-6H,1H3. The van der Waals surface area contributed by atoms with Gasteiger partial charge in [0, 0.05) is 41.9 Å². The number of rotatable bonds is 2. The summed E-state index contributed by atoms with van der Waals surface area (Å²) in [5, 5.41) is 1.21. The molecule has 4 heteroatoms. The summed E-state index contributed by atoms with van der Waals surface area (Å²) < 4.78 is 7.27. The van der Waals surface area contributed by atoms with Gasteiger partial charge in [-0.2, -0.15) is 0 Å². The SMILES string of the molecule is COc1ccc2c(ccn2SI)c1. The molecule has 0 N–H and O–H groups in total. The van der Waals surface area contributed by atoms with Crippen molar-refractivity contribution >= 4 is 41.2 Å². The van der Waals surface area contributed by atoms with E-state index in [9.17, 15) is 0 Å². The Bertz CT molecular complexity index is 426. The largest absolute Gasteiger partial charge is 0.497 e. The summed E-state index contributed by atoms with van der Waals surface area (Å²) in [6.45, 7) is 0. The van der Waals surface area contributed by atoms with Gasteiger partial charge < -0.3 is 4.74 Å². The summed E-state index contributed by atoms with van der Waals surface area (Å²) in [5.41, 5.74) is 1.22. The second-order valence-corrected chi connectivity index (χ2v) is 4.35. The molecule has 68 valence electrons. The van der Waals surface area contributed by atoms with Crippen molar-refractivity contribution in [1.29, 1.82) is 0 Å². The molecular formula is C9H8INOS. The van der Waals surface area contributed by atoms with Gasteiger partial charge in [0.1, 0.15) is 5.75 Å². The Morgan fingerprint density at radius 2 is 2.23 bits per heavy atom. The van der Waals surface area contributed by atoms with E-state index in [-0.39, 0.29) is 0 Å². The Morgan fingerprint density at radius 3 is 2.92 bits per heavy atom. The number of halogens is 1. The van der Waals surface area contributed by atoms with Gasteiger partial charge in [-0.05, 0) is 24.3 Å². The van der Waals surface area contributed by atoms with Crippen LogP contribution in [0.3, 0.4) is 0 Å². The summed E-state index contributed by atoms with van der Waals surface area (Å²) in [5.74, 6) is 0.906. The van der Waals surface area contributed by atoms with Crippen LogP contribution in [0.4, 0.5) is 0 Å². The Hall–Kier alpha value is -0.360. The molecule has 0 amide bonds. The van der Waals surface area contributed by atoms with Gasteiger partial charge in [0.15, 0.2) is 0 Å². The fourth-order valence-corrected chi connectivity index (χ4v) is 2.66. The Morgan fingerprint density at radius 1 is 1.38 bits per heavy atom. The molecular weight excluding hydrogens is 297 g/mol. The molecule has 0 fully saturated rings. The van der Waals surface area contributed by atoms with Gasteiger partial charge in [-0.3, -0.25) is 3.97 Å². The first-order valence-corrected chi connectivity index (χ1v) is 7.11. The van der Waals surface area contributed by atoms with Crippen molar-refractivity contribution in [3.05, 3.63) is 30.5 Å². The first kappa shape index (κ1) is 9.21. The number of fused-ring (bicyclic) bond motifs is 1. The number of nitrogens with zero attached hydrogens (tertiary/aromatic N) is 1. The molecule has 1 aromatic heterocycles. The van der Waals surface area contributed by atoms with Crippen molar-refractivity contribution in [2.45, 2.75) is 0 Å². The fraction of sp³-hybridized carbons (Fsp3) is 0.111. The van der Waals surface area contributed by atoms with Crippen LogP contribution in [0.1, 0.15) is 0 Å². The topological polar surface area (TPSA) is 14.2 Å². The van der Waals surface area contributed by atoms with Crippen molar-refractivity contribution in [2.24, 2.45) is 0 Å². The molecule has 0 radical (unpaired) electrons. The molecule has 0 saturated carbocycles. The van der Waals surface area contributed by atoms with Gasteiger partial charge in [-0.25, -0.2) is 0 Å². The maximum Gasteiger partial charge on any atom is 0.119 e. The molecule has 2 nitrogen and oxygen atoms in total. The van der Waals surface area contributed by atoms with E-state index in [0.717, 1.165) is 5.75 Å². The minimum atomic E-state index is 0.906. The lowest BCUT2D eigenvalue weighted by molar-refractivity contribution is 0.415. The van der Waals surface area contributed by atoms with E-state index in [4.69, 9.17) is 4.74 Å². The fourth-order valence-electron chi connectivity index (χ4n) is 1.28. The highest BCUT2D eigenvalue weighted by Gasteiger charge is 2.01. The monoisotopic (exact) mass is 305 g/mol. The van der Waals surface area contributed by atoms with E-state index < -0.39 is 0 Å². The molecule has 2 rings (SSSR count). The Labute approximate surface area is 93.0 Å². The van der Waals surface area contributed by atoms with Gasteiger partial charge in [-0.15, -0.1) is 0 Å². The van der Waals surface area contributed by atoms with E-state index >= 15 is 0 Å². The van der Waals surface area contributed by atoms with Crippen LogP contribution in [0.5, 0.6) is 5.75 Å². The minimum Gasteiger partial charge on any atom is -0.497 e. The first-order valence-electron chi connectivity index (χ1n) is 3.79. The normalized spacial score (nSPS) is 10.6. The summed E-state index contributed by atoms with van der Waals surface area (Å²) in [6.07, 6.45) is 2.06. The van der Waals surface area contributed by atoms with Gasteiger partial charge in [-0.1, -0.05) is 0 Å². The number of benzene rings is 1. The summed E-state index contributed by atoms with van der Waals surface area (Å²) in [4.78, 5) is 0. The quantitative estimate of drug-likeness (QED) is 0.788.